The molecule has 1 N–H and O–H groups in total. The van der Waals surface area contributed by atoms with Crippen LogP contribution in [-0.4, -0.2) is 35.9 Å². The zero-order valence-corrected chi connectivity index (χ0v) is 7.94. The summed E-state index contributed by atoms with van der Waals surface area (Å²) in [5, 5.41) is 8.42. The molecule has 0 fully saturated rings. The molecule has 0 aliphatic carbocycles. The molecule has 2 atom stereocenters. The number of rotatable bonds is 5. The van der Waals surface area contributed by atoms with Crippen LogP contribution in [-0.2, 0) is 19.1 Å². The quantitative estimate of drug-likeness (QED) is 0.636. The average molecular weight is 190 g/mol. The molecule has 0 aromatic rings. The maximum Gasteiger partial charge on any atom is 0.344 e. The molecule has 13 heavy (non-hydrogen) atoms. The Hall–Kier alpha value is -1.10. The van der Waals surface area contributed by atoms with Gasteiger partial charge in [0.2, 0.25) is 0 Å². The van der Waals surface area contributed by atoms with Crippen molar-refractivity contribution in [2.45, 2.75) is 33.0 Å². The molecule has 0 spiro atoms. The van der Waals surface area contributed by atoms with Gasteiger partial charge < -0.3 is 14.6 Å². The molecule has 76 valence electrons. The van der Waals surface area contributed by atoms with Crippen LogP contribution in [0.4, 0.5) is 0 Å². The highest BCUT2D eigenvalue weighted by Gasteiger charge is 2.21. The number of carboxylic acid groups (broad SMARTS) is 1. The van der Waals surface area contributed by atoms with Crippen LogP contribution < -0.4 is 0 Å². The molecule has 0 saturated carbocycles. The van der Waals surface area contributed by atoms with Gasteiger partial charge in [-0.15, -0.1) is 0 Å². The van der Waals surface area contributed by atoms with Gasteiger partial charge >= 0.3 is 11.9 Å². The Bertz CT molecular complexity index is 189. The van der Waals surface area contributed by atoms with Gasteiger partial charge in [-0.2, -0.15) is 0 Å². The van der Waals surface area contributed by atoms with Gasteiger partial charge in [0.1, 0.15) is 0 Å². The molecule has 0 amide bonds. The third-order valence-electron chi connectivity index (χ3n) is 1.39. The molecule has 0 bridgehead atoms. The van der Waals surface area contributed by atoms with Gasteiger partial charge in [0, 0.05) is 6.61 Å². The zero-order chi connectivity index (χ0) is 10.4. The molecule has 5 nitrogen and oxygen atoms in total. The van der Waals surface area contributed by atoms with Crippen molar-refractivity contribution >= 4 is 11.9 Å². The van der Waals surface area contributed by atoms with E-state index in [2.05, 4.69) is 4.74 Å². The van der Waals surface area contributed by atoms with Crippen molar-refractivity contribution in [1.82, 2.24) is 0 Å². The first-order valence-corrected chi connectivity index (χ1v) is 4.04. The zero-order valence-electron chi connectivity index (χ0n) is 7.94. The molecule has 0 aromatic carbocycles. The Kier molecular flexibility index (Phi) is 5.06. The fourth-order valence-electron chi connectivity index (χ4n) is 0.638. The van der Waals surface area contributed by atoms with E-state index in [1.165, 1.54) is 13.8 Å². The first kappa shape index (κ1) is 11.9. The summed E-state index contributed by atoms with van der Waals surface area (Å²) in [6.45, 7) is 4.93. The van der Waals surface area contributed by atoms with Crippen molar-refractivity contribution in [2.75, 3.05) is 6.61 Å². The van der Waals surface area contributed by atoms with E-state index in [0.29, 0.717) is 6.61 Å². The minimum Gasteiger partial charge on any atom is -0.479 e. The standard InChI is InChI=1S/C8H14O5/c1-4-12-6(3)8(11)13-5(2)7(9)10/h5-6H,4H2,1-3H3,(H,9,10)/t5-,6-/m0/s1. The first-order chi connectivity index (χ1) is 5.99. The van der Waals surface area contributed by atoms with E-state index in [1.807, 2.05) is 0 Å². The van der Waals surface area contributed by atoms with Crippen molar-refractivity contribution < 1.29 is 24.2 Å². The van der Waals surface area contributed by atoms with Gasteiger partial charge in [0.25, 0.3) is 0 Å². The number of hydrogen-bond donors (Lipinski definition) is 1. The van der Waals surface area contributed by atoms with Crippen molar-refractivity contribution in [1.29, 1.82) is 0 Å². The number of ether oxygens (including phenoxy) is 2. The number of aliphatic carboxylic acids is 1. The monoisotopic (exact) mass is 190 g/mol. The number of carboxylic acids is 1. The van der Waals surface area contributed by atoms with Gasteiger partial charge in [0.15, 0.2) is 12.2 Å². The van der Waals surface area contributed by atoms with Gasteiger partial charge in [-0.1, -0.05) is 0 Å². The maximum absolute atomic E-state index is 11.0. The van der Waals surface area contributed by atoms with Crippen LogP contribution in [0.5, 0.6) is 0 Å². The van der Waals surface area contributed by atoms with E-state index in [-0.39, 0.29) is 0 Å². The largest absolute Gasteiger partial charge is 0.479 e. The highest BCUT2D eigenvalue weighted by atomic mass is 16.6. The lowest BCUT2D eigenvalue weighted by Crippen LogP contribution is -2.30. The molecule has 0 aliphatic rings. The molecule has 0 saturated heterocycles. The van der Waals surface area contributed by atoms with E-state index in [0.717, 1.165) is 0 Å². The van der Waals surface area contributed by atoms with E-state index in [1.54, 1.807) is 6.92 Å². The minimum absolute atomic E-state index is 0.387. The highest BCUT2D eigenvalue weighted by Crippen LogP contribution is 1.98. The van der Waals surface area contributed by atoms with Crippen LogP contribution in [0.2, 0.25) is 0 Å². The Morgan fingerprint density at radius 1 is 1.31 bits per heavy atom. The van der Waals surface area contributed by atoms with E-state index >= 15 is 0 Å². The second-order valence-electron chi connectivity index (χ2n) is 2.51. The lowest BCUT2D eigenvalue weighted by Gasteiger charge is -2.13. The Labute approximate surface area is 76.6 Å². The van der Waals surface area contributed by atoms with Crippen LogP contribution in [0.3, 0.4) is 0 Å². The van der Waals surface area contributed by atoms with Crippen molar-refractivity contribution in [3.05, 3.63) is 0 Å². The summed E-state index contributed by atoms with van der Waals surface area (Å²) in [7, 11) is 0. The summed E-state index contributed by atoms with van der Waals surface area (Å²) in [5.74, 6) is -1.83. The molecular weight excluding hydrogens is 176 g/mol. The van der Waals surface area contributed by atoms with Gasteiger partial charge in [-0.3, -0.25) is 0 Å². The molecule has 0 rings (SSSR count). The third-order valence-corrected chi connectivity index (χ3v) is 1.39. The fraction of sp³-hybridized carbons (Fsp3) is 0.750. The topological polar surface area (TPSA) is 72.8 Å². The van der Waals surface area contributed by atoms with E-state index < -0.39 is 24.1 Å². The molecule has 0 heterocycles. The minimum atomic E-state index is -1.17. The molecule has 0 aromatic heterocycles. The Balaban J connectivity index is 3.92. The smallest absolute Gasteiger partial charge is 0.344 e. The van der Waals surface area contributed by atoms with Gasteiger partial charge in [0.05, 0.1) is 0 Å². The Morgan fingerprint density at radius 2 is 1.85 bits per heavy atom. The summed E-state index contributed by atoms with van der Waals surface area (Å²) >= 11 is 0. The molecule has 0 aliphatic heterocycles. The second kappa shape index (κ2) is 5.53. The SMILES string of the molecule is CCO[C@@H](C)C(=O)O[C@@H](C)C(=O)O. The lowest BCUT2D eigenvalue weighted by molar-refractivity contribution is -0.170. The van der Waals surface area contributed by atoms with Crippen molar-refractivity contribution in [3.63, 3.8) is 0 Å². The van der Waals surface area contributed by atoms with E-state index in [4.69, 9.17) is 9.84 Å². The maximum atomic E-state index is 11.0. The molecule has 0 unspecified atom stereocenters. The summed E-state index contributed by atoms with van der Waals surface area (Å²) in [6.07, 6.45) is -1.85. The molecular formula is C8H14O5. The molecule has 5 heteroatoms. The summed E-state index contributed by atoms with van der Waals surface area (Å²) in [4.78, 5) is 21.3. The second-order valence-corrected chi connectivity index (χ2v) is 2.51. The summed E-state index contributed by atoms with van der Waals surface area (Å²) in [5.41, 5.74) is 0. The van der Waals surface area contributed by atoms with Crippen LogP contribution in [0, 0.1) is 0 Å². The summed E-state index contributed by atoms with van der Waals surface area (Å²) < 4.78 is 9.48. The number of carbonyl (C=O) groups is 2. The highest BCUT2D eigenvalue weighted by molar-refractivity contribution is 5.79. The van der Waals surface area contributed by atoms with Gasteiger partial charge in [-0.25, -0.2) is 9.59 Å². The van der Waals surface area contributed by atoms with Crippen LogP contribution in [0.25, 0.3) is 0 Å². The van der Waals surface area contributed by atoms with Gasteiger partial charge in [-0.05, 0) is 20.8 Å². The van der Waals surface area contributed by atoms with E-state index in [9.17, 15) is 9.59 Å². The lowest BCUT2D eigenvalue weighted by atomic mass is 10.4. The fourth-order valence-corrected chi connectivity index (χ4v) is 0.638. The predicted octanol–water partition coefficient (Wildman–Crippen LogP) is 0.428. The third kappa shape index (κ3) is 4.47. The molecule has 0 radical (unpaired) electrons. The van der Waals surface area contributed by atoms with Crippen LogP contribution in [0.1, 0.15) is 20.8 Å². The predicted molar refractivity (Wildman–Crippen MR) is 44.3 cm³/mol. The van der Waals surface area contributed by atoms with Crippen molar-refractivity contribution in [2.24, 2.45) is 0 Å². The average Bonchev–Trinajstić information content (AvgIpc) is 2.04. The summed E-state index contributed by atoms with van der Waals surface area (Å²) in [6, 6.07) is 0. The number of carbonyl (C=O) groups excluding carboxylic acids is 1. The van der Waals surface area contributed by atoms with Crippen molar-refractivity contribution in [3.8, 4) is 0 Å². The number of esters is 1. The van der Waals surface area contributed by atoms with Crippen LogP contribution in [0.15, 0.2) is 0 Å². The Morgan fingerprint density at radius 3 is 2.23 bits per heavy atom. The number of hydrogen-bond acceptors (Lipinski definition) is 4. The normalized spacial score (nSPS) is 14.7. The van der Waals surface area contributed by atoms with Crippen LogP contribution >= 0.6 is 0 Å². The first-order valence-electron chi connectivity index (χ1n) is 4.04.